The number of nitrogens with zero attached hydrogens (tertiary/aromatic N) is 2. The van der Waals surface area contributed by atoms with Crippen molar-refractivity contribution in [2.24, 2.45) is 0 Å². The van der Waals surface area contributed by atoms with Crippen LogP contribution in [0.5, 0.6) is 0 Å². The molecule has 1 aromatic rings. The molecule has 1 heterocycles. The molecule has 1 atom stereocenters. The van der Waals surface area contributed by atoms with Gasteiger partial charge in [0.1, 0.15) is 12.0 Å². The maximum Gasteiger partial charge on any atom is 0.289 e. The first-order valence-electron chi connectivity index (χ1n) is 4.37. The molecule has 0 saturated heterocycles. The number of nitrogens with one attached hydrogen (secondary N) is 1. The van der Waals surface area contributed by atoms with E-state index in [0.29, 0.717) is 0 Å². The molecule has 0 fully saturated rings. The van der Waals surface area contributed by atoms with Gasteiger partial charge in [0.25, 0.3) is 5.69 Å². The SMILES string of the molecule is O=[N+]([O-])c1cnc(NCC(O)CO)c(Cl)c1. The average molecular weight is 248 g/mol. The van der Waals surface area contributed by atoms with Crippen LogP contribution >= 0.6 is 11.6 Å². The van der Waals surface area contributed by atoms with Crippen LogP contribution in [0.2, 0.25) is 5.02 Å². The summed E-state index contributed by atoms with van der Waals surface area (Å²) < 4.78 is 0. The predicted molar refractivity (Wildman–Crippen MR) is 57.5 cm³/mol. The molecule has 0 aromatic carbocycles. The Morgan fingerprint density at radius 1 is 1.69 bits per heavy atom. The fourth-order valence-corrected chi connectivity index (χ4v) is 1.16. The maximum atomic E-state index is 10.4. The number of hydrogen-bond acceptors (Lipinski definition) is 6. The lowest BCUT2D eigenvalue weighted by molar-refractivity contribution is -0.385. The quantitative estimate of drug-likeness (QED) is 0.514. The molecule has 0 aliphatic heterocycles. The first-order chi connectivity index (χ1) is 7.54. The lowest BCUT2D eigenvalue weighted by Gasteiger charge is -2.10. The van der Waals surface area contributed by atoms with Crippen molar-refractivity contribution in [1.82, 2.24) is 4.98 Å². The van der Waals surface area contributed by atoms with E-state index in [4.69, 9.17) is 21.8 Å². The van der Waals surface area contributed by atoms with Crippen LogP contribution in [-0.4, -0.2) is 39.4 Å². The summed E-state index contributed by atoms with van der Waals surface area (Å²) in [6.07, 6.45) is 0.118. The fourth-order valence-electron chi connectivity index (χ4n) is 0.937. The molecule has 88 valence electrons. The van der Waals surface area contributed by atoms with Gasteiger partial charge in [0.05, 0.1) is 22.7 Å². The van der Waals surface area contributed by atoms with Crippen LogP contribution < -0.4 is 5.32 Å². The molecule has 1 rings (SSSR count). The monoisotopic (exact) mass is 247 g/mol. The highest BCUT2D eigenvalue weighted by Gasteiger charge is 2.11. The minimum absolute atomic E-state index is 0.0566. The third kappa shape index (κ3) is 3.30. The van der Waals surface area contributed by atoms with Gasteiger partial charge in [-0.05, 0) is 0 Å². The summed E-state index contributed by atoms with van der Waals surface area (Å²) in [5.74, 6) is 0.222. The van der Waals surface area contributed by atoms with Crippen LogP contribution in [-0.2, 0) is 0 Å². The minimum atomic E-state index is -0.937. The second-order valence-electron chi connectivity index (χ2n) is 3.00. The number of hydrogen-bond donors (Lipinski definition) is 3. The summed E-state index contributed by atoms with van der Waals surface area (Å²) in [6.45, 7) is -0.335. The molecule has 0 aliphatic carbocycles. The van der Waals surface area contributed by atoms with Gasteiger partial charge in [0.2, 0.25) is 0 Å². The van der Waals surface area contributed by atoms with Gasteiger partial charge in [-0.2, -0.15) is 0 Å². The number of pyridine rings is 1. The van der Waals surface area contributed by atoms with Crippen molar-refractivity contribution in [3.63, 3.8) is 0 Å². The Hall–Kier alpha value is -1.44. The molecule has 16 heavy (non-hydrogen) atoms. The van der Waals surface area contributed by atoms with E-state index in [0.717, 1.165) is 12.3 Å². The van der Waals surface area contributed by atoms with E-state index in [1.54, 1.807) is 0 Å². The Kier molecular flexibility index (Phi) is 4.41. The van der Waals surface area contributed by atoms with Crippen LogP contribution in [0.1, 0.15) is 0 Å². The molecular weight excluding hydrogens is 238 g/mol. The highest BCUT2D eigenvalue weighted by Crippen LogP contribution is 2.23. The molecule has 0 saturated carbocycles. The Morgan fingerprint density at radius 2 is 2.38 bits per heavy atom. The van der Waals surface area contributed by atoms with Crippen molar-refractivity contribution < 1.29 is 15.1 Å². The third-order valence-electron chi connectivity index (χ3n) is 1.75. The van der Waals surface area contributed by atoms with Gasteiger partial charge < -0.3 is 15.5 Å². The summed E-state index contributed by atoms with van der Waals surface area (Å²) in [7, 11) is 0. The Morgan fingerprint density at radius 3 is 2.88 bits per heavy atom. The number of aromatic nitrogens is 1. The number of halogens is 1. The highest BCUT2D eigenvalue weighted by molar-refractivity contribution is 6.33. The Bertz CT molecular complexity index is 388. The molecular formula is C8H10ClN3O4. The van der Waals surface area contributed by atoms with Crippen molar-refractivity contribution in [2.75, 3.05) is 18.5 Å². The number of rotatable bonds is 5. The fraction of sp³-hybridized carbons (Fsp3) is 0.375. The Labute approximate surface area is 95.8 Å². The van der Waals surface area contributed by atoms with E-state index >= 15 is 0 Å². The van der Waals surface area contributed by atoms with Crippen molar-refractivity contribution in [3.8, 4) is 0 Å². The summed E-state index contributed by atoms with van der Waals surface area (Å²) in [4.78, 5) is 13.5. The van der Waals surface area contributed by atoms with E-state index in [1.165, 1.54) is 0 Å². The zero-order valence-corrected chi connectivity index (χ0v) is 8.89. The van der Waals surface area contributed by atoms with E-state index < -0.39 is 17.6 Å². The molecule has 8 heteroatoms. The molecule has 0 radical (unpaired) electrons. The third-order valence-corrected chi connectivity index (χ3v) is 2.04. The topological polar surface area (TPSA) is 109 Å². The van der Waals surface area contributed by atoms with Crippen molar-refractivity contribution >= 4 is 23.1 Å². The van der Waals surface area contributed by atoms with Gasteiger partial charge in [-0.25, -0.2) is 4.98 Å². The standard InChI is InChI=1S/C8H10ClN3O4/c9-7-1-5(12(15)16)2-10-8(7)11-3-6(14)4-13/h1-2,6,13-14H,3-4H2,(H,10,11). The normalized spacial score (nSPS) is 12.2. The van der Waals surface area contributed by atoms with Gasteiger partial charge in [0, 0.05) is 12.6 Å². The average Bonchev–Trinajstić information content (AvgIpc) is 2.26. The summed E-state index contributed by atoms with van der Waals surface area (Å²) in [6, 6.07) is 1.15. The Balaban J connectivity index is 2.72. The van der Waals surface area contributed by atoms with Gasteiger partial charge in [-0.15, -0.1) is 0 Å². The lowest BCUT2D eigenvalue weighted by atomic mass is 10.3. The molecule has 1 unspecified atom stereocenters. The van der Waals surface area contributed by atoms with Crippen LogP contribution in [0.4, 0.5) is 11.5 Å². The van der Waals surface area contributed by atoms with Gasteiger partial charge in [0.15, 0.2) is 0 Å². The predicted octanol–water partition coefficient (Wildman–Crippen LogP) is 0.408. The van der Waals surface area contributed by atoms with Gasteiger partial charge in [-0.1, -0.05) is 11.6 Å². The number of aliphatic hydroxyl groups excluding tert-OH is 2. The van der Waals surface area contributed by atoms with Crippen molar-refractivity contribution in [3.05, 3.63) is 27.4 Å². The van der Waals surface area contributed by atoms with Gasteiger partial charge in [-0.3, -0.25) is 10.1 Å². The molecule has 1 aromatic heterocycles. The largest absolute Gasteiger partial charge is 0.394 e. The zero-order chi connectivity index (χ0) is 12.1. The maximum absolute atomic E-state index is 10.4. The molecule has 3 N–H and O–H groups in total. The second kappa shape index (κ2) is 5.59. The van der Waals surface area contributed by atoms with E-state index in [2.05, 4.69) is 10.3 Å². The van der Waals surface area contributed by atoms with Crippen molar-refractivity contribution in [1.29, 1.82) is 0 Å². The molecule has 7 nitrogen and oxygen atoms in total. The van der Waals surface area contributed by atoms with Crippen LogP contribution in [0.25, 0.3) is 0 Å². The number of aliphatic hydroxyl groups is 2. The van der Waals surface area contributed by atoms with E-state index in [1.807, 2.05) is 0 Å². The van der Waals surface area contributed by atoms with Gasteiger partial charge >= 0.3 is 0 Å². The molecule has 0 aliphatic rings. The number of nitro groups is 1. The second-order valence-corrected chi connectivity index (χ2v) is 3.41. The first-order valence-corrected chi connectivity index (χ1v) is 4.75. The van der Waals surface area contributed by atoms with Crippen LogP contribution in [0.15, 0.2) is 12.3 Å². The first kappa shape index (κ1) is 12.6. The van der Waals surface area contributed by atoms with Crippen LogP contribution in [0.3, 0.4) is 0 Å². The molecule has 0 spiro atoms. The van der Waals surface area contributed by atoms with E-state index in [-0.39, 0.29) is 23.1 Å². The zero-order valence-electron chi connectivity index (χ0n) is 8.13. The van der Waals surface area contributed by atoms with E-state index in [9.17, 15) is 10.1 Å². The highest BCUT2D eigenvalue weighted by atomic mass is 35.5. The minimum Gasteiger partial charge on any atom is -0.394 e. The van der Waals surface area contributed by atoms with Crippen molar-refractivity contribution in [2.45, 2.75) is 6.10 Å². The summed E-state index contributed by atoms with van der Waals surface area (Å²) in [5, 5.41) is 30.8. The molecule has 0 bridgehead atoms. The van der Waals surface area contributed by atoms with Crippen LogP contribution in [0, 0.1) is 10.1 Å². The molecule has 0 amide bonds. The summed E-state index contributed by atoms with van der Waals surface area (Å²) >= 11 is 5.73. The lowest BCUT2D eigenvalue weighted by Crippen LogP contribution is -2.23. The smallest absolute Gasteiger partial charge is 0.289 e. The number of anilines is 1. The summed E-state index contributed by atoms with van der Waals surface area (Å²) in [5.41, 5.74) is -0.210.